The number of ether oxygens (including phenoxy) is 1. The van der Waals surface area contributed by atoms with Crippen molar-refractivity contribution in [3.05, 3.63) is 24.3 Å². The Morgan fingerprint density at radius 1 is 0.365 bits per heavy atom. The van der Waals surface area contributed by atoms with Crippen molar-refractivity contribution in [1.82, 2.24) is 5.32 Å². The van der Waals surface area contributed by atoms with Crippen LogP contribution in [0.25, 0.3) is 0 Å². The number of allylic oxidation sites excluding steroid dienone is 3. The normalized spacial score (nSPS) is 12.6. The molecule has 3 N–H and O–H groups in total. The van der Waals surface area contributed by atoms with Crippen LogP contribution in [0.4, 0.5) is 0 Å². The first kappa shape index (κ1) is 72.3. The summed E-state index contributed by atoms with van der Waals surface area (Å²) in [6.45, 7) is 4.93. The van der Waals surface area contributed by atoms with Gasteiger partial charge in [0.05, 0.1) is 25.4 Å². The Kier molecular flexibility index (Phi) is 62.4. The third-order valence-electron chi connectivity index (χ3n) is 15.7. The highest BCUT2D eigenvalue weighted by Gasteiger charge is 2.18. The molecule has 0 saturated heterocycles. The minimum Gasteiger partial charge on any atom is -0.466 e. The lowest BCUT2D eigenvalue weighted by Crippen LogP contribution is -2.45. The maximum absolute atomic E-state index is 12.5. The highest BCUT2D eigenvalue weighted by molar-refractivity contribution is 5.76. The average molecular weight is 1040 g/mol. The van der Waals surface area contributed by atoms with Gasteiger partial charge >= 0.3 is 5.97 Å². The van der Waals surface area contributed by atoms with Gasteiger partial charge < -0.3 is 20.3 Å². The first-order valence-corrected chi connectivity index (χ1v) is 33.6. The number of rotatable bonds is 63. The van der Waals surface area contributed by atoms with Crippen LogP contribution in [-0.2, 0) is 14.3 Å². The number of carbonyl (C=O) groups is 2. The van der Waals surface area contributed by atoms with Crippen molar-refractivity contribution in [3.63, 3.8) is 0 Å². The summed E-state index contributed by atoms with van der Waals surface area (Å²) in [6.07, 6.45) is 79.6. The van der Waals surface area contributed by atoms with Gasteiger partial charge in [-0.3, -0.25) is 9.59 Å². The lowest BCUT2D eigenvalue weighted by Gasteiger charge is -2.20. The number of hydrogen-bond donors (Lipinski definition) is 3. The number of amides is 1. The van der Waals surface area contributed by atoms with Crippen LogP contribution >= 0.6 is 0 Å². The summed E-state index contributed by atoms with van der Waals surface area (Å²) in [5.74, 6) is -0.0480. The summed E-state index contributed by atoms with van der Waals surface area (Å²) in [5.41, 5.74) is 0. The van der Waals surface area contributed by atoms with Gasteiger partial charge in [0.2, 0.25) is 5.91 Å². The molecule has 6 heteroatoms. The Bertz CT molecular complexity index is 1150. The Balaban J connectivity index is 3.39. The number of carbonyl (C=O) groups excluding carboxylic acids is 2. The van der Waals surface area contributed by atoms with Gasteiger partial charge in [-0.15, -0.1) is 0 Å². The molecule has 0 aliphatic heterocycles. The molecule has 0 fully saturated rings. The second-order valence-electron chi connectivity index (χ2n) is 23.2. The molecule has 0 aromatic rings. The summed E-state index contributed by atoms with van der Waals surface area (Å²) in [6, 6.07) is -0.627. The number of nitrogens with one attached hydrogen (secondary N) is 1. The zero-order valence-corrected chi connectivity index (χ0v) is 50.1. The van der Waals surface area contributed by atoms with Gasteiger partial charge in [0, 0.05) is 12.8 Å². The molecule has 0 aromatic heterocycles. The molecule has 0 bridgehead atoms. The predicted molar refractivity (Wildman–Crippen MR) is 324 cm³/mol. The fourth-order valence-electron chi connectivity index (χ4n) is 10.6. The van der Waals surface area contributed by atoms with Gasteiger partial charge in [-0.25, -0.2) is 0 Å². The summed E-state index contributed by atoms with van der Waals surface area (Å²) < 4.78 is 5.47. The quantitative estimate of drug-likeness (QED) is 0.0320. The molecular weight excluding hydrogens is 911 g/mol. The molecule has 0 aliphatic carbocycles. The summed E-state index contributed by atoms with van der Waals surface area (Å²) in [4.78, 5) is 24.5. The van der Waals surface area contributed by atoms with E-state index in [0.29, 0.717) is 19.4 Å². The molecule has 0 saturated carbocycles. The third-order valence-corrected chi connectivity index (χ3v) is 15.7. The molecule has 0 rings (SSSR count). The van der Waals surface area contributed by atoms with Gasteiger partial charge in [0.1, 0.15) is 0 Å². The Labute approximate surface area is 462 Å². The number of esters is 1. The van der Waals surface area contributed by atoms with E-state index in [0.717, 1.165) is 38.5 Å². The van der Waals surface area contributed by atoms with E-state index in [1.807, 2.05) is 6.08 Å². The molecule has 0 aliphatic rings. The van der Waals surface area contributed by atoms with E-state index in [1.165, 1.54) is 308 Å². The van der Waals surface area contributed by atoms with E-state index < -0.39 is 12.1 Å². The molecule has 0 radical (unpaired) electrons. The van der Waals surface area contributed by atoms with Crippen LogP contribution in [0.5, 0.6) is 0 Å². The van der Waals surface area contributed by atoms with Gasteiger partial charge in [-0.2, -0.15) is 0 Å². The smallest absolute Gasteiger partial charge is 0.305 e. The largest absolute Gasteiger partial charge is 0.466 e. The number of hydrogen-bond acceptors (Lipinski definition) is 5. The van der Waals surface area contributed by atoms with Crippen molar-refractivity contribution < 1.29 is 24.5 Å². The number of aliphatic hydroxyl groups excluding tert-OH is 2. The molecule has 1 amide bonds. The fourth-order valence-corrected chi connectivity index (χ4v) is 10.6. The Morgan fingerprint density at radius 3 is 0.959 bits per heavy atom. The van der Waals surface area contributed by atoms with Crippen molar-refractivity contribution >= 4 is 11.9 Å². The van der Waals surface area contributed by atoms with Crippen LogP contribution in [0.1, 0.15) is 373 Å². The standard InChI is InChI=1S/C68H131NO5/c1-3-5-7-9-11-13-15-16-17-31-34-37-41-44-48-52-56-60-66(71)65(64-70)69-67(72)61-57-53-49-45-42-38-35-32-29-27-25-23-21-19-18-20-22-24-26-28-30-33-36-39-43-47-51-55-59-63-74-68(73)62-58-54-50-46-40-14-12-10-8-6-4-2/h18,20,56,60,65-66,70-71H,3-17,19,21-55,57-59,61-64H2,1-2H3,(H,69,72)/b20-18-,60-56+. The molecule has 6 nitrogen and oxygen atoms in total. The first-order chi connectivity index (χ1) is 36.5. The maximum atomic E-state index is 12.5. The average Bonchev–Trinajstić information content (AvgIpc) is 3.40. The second kappa shape index (κ2) is 63.9. The first-order valence-electron chi connectivity index (χ1n) is 33.6. The zero-order valence-electron chi connectivity index (χ0n) is 50.1. The van der Waals surface area contributed by atoms with Crippen LogP contribution in [0.2, 0.25) is 0 Å². The topological polar surface area (TPSA) is 95.9 Å². The molecule has 0 spiro atoms. The van der Waals surface area contributed by atoms with Gasteiger partial charge in [0.25, 0.3) is 0 Å². The summed E-state index contributed by atoms with van der Waals surface area (Å²) in [5, 5.41) is 23.2. The molecule has 0 aromatic carbocycles. The highest BCUT2D eigenvalue weighted by Crippen LogP contribution is 2.18. The zero-order chi connectivity index (χ0) is 53.6. The van der Waals surface area contributed by atoms with Crippen molar-refractivity contribution in [2.45, 2.75) is 386 Å². The van der Waals surface area contributed by atoms with Gasteiger partial charge in [-0.1, -0.05) is 327 Å². The second-order valence-corrected chi connectivity index (χ2v) is 23.2. The molecule has 0 heterocycles. The van der Waals surface area contributed by atoms with Crippen molar-refractivity contribution in [3.8, 4) is 0 Å². The van der Waals surface area contributed by atoms with E-state index in [1.54, 1.807) is 6.08 Å². The molecule has 438 valence electrons. The van der Waals surface area contributed by atoms with E-state index in [4.69, 9.17) is 4.74 Å². The fraction of sp³-hybridized carbons (Fsp3) is 0.912. The van der Waals surface area contributed by atoms with Gasteiger partial charge in [0.15, 0.2) is 0 Å². The molecular formula is C68H131NO5. The Hall–Kier alpha value is -1.66. The molecule has 2 unspecified atom stereocenters. The molecule has 2 atom stereocenters. The minimum absolute atomic E-state index is 0.0163. The van der Waals surface area contributed by atoms with Crippen LogP contribution in [0.15, 0.2) is 24.3 Å². The Morgan fingerprint density at radius 2 is 0.635 bits per heavy atom. The van der Waals surface area contributed by atoms with E-state index in [-0.39, 0.29) is 18.5 Å². The van der Waals surface area contributed by atoms with E-state index >= 15 is 0 Å². The van der Waals surface area contributed by atoms with Crippen LogP contribution < -0.4 is 5.32 Å². The predicted octanol–water partition coefficient (Wildman–Crippen LogP) is 21.4. The number of unbranched alkanes of at least 4 members (excludes halogenated alkanes) is 50. The van der Waals surface area contributed by atoms with Crippen LogP contribution in [0.3, 0.4) is 0 Å². The SMILES string of the molecule is CCCCCCCCCCCCCCCCC/C=C/C(O)C(CO)NC(=O)CCCCCCCCCCCCCCC/C=C\CCCCCCCCCCCCCCOC(=O)CCCCCCCCCCCCC. The van der Waals surface area contributed by atoms with E-state index in [2.05, 4.69) is 31.3 Å². The summed E-state index contributed by atoms with van der Waals surface area (Å²) >= 11 is 0. The van der Waals surface area contributed by atoms with Crippen molar-refractivity contribution in [2.75, 3.05) is 13.2 Å². The van der Waals surface area contributed by atoms with Crippen molar-refractivity contribution in [2.24, 2.45) is 0 Å². The van der Waals surface area contributed by atoms with Gasteiger partial charge in [-0.05, 0) is 57.8 Å². The van der Waals surface area contributed by atoms with Crippen LogP contribution in [0, 0.1) is 0 Å². The third kappa shape index (κ3) is 59.6. The lowest BCUT2D eigenvalue weighted by atomic mass is 10.0. The minimum atomic E-state index is -0.844. The monoisotopic (exact) mass is 1040 g/mol. The lowest BCUT2D eigenvalue weighted by molar-refractivity contribution is -0.143. The number of aliphatic hydroxyl groups is 2. The van der Waals surface area contributed by atoms with E-state index in [9.17, 15) is 19.8 Å². The molecule has 74 heavy (non-hydrogen) atoms. The maximum Gasteiger partial charge on any atom is 0.305 e. The van der Waals surface area contributed by atoms with Crippen LogP contribution in [-0.4, -0.2) is 47.4 Å². The van der Waals surface area contributed by atoms with Crippen molar-refractivity contribution in [1.29, 1.82) is 0 Å². The highest BCUT2D eigenvalue weighted by atomic mass is 16.5. The summed E-state index contributed by atoms with van der Waals surface area (Å²) in [7, 11) is 0.